The third-order valence-electron chi connectivity index (χ3n) is 2.99. The molecule has 1 aromatic rings. The maximum atomic E-state index is 11.2. The molecule has 0 saturated heterocycles. The molecule has 0 amide bonds. The Bertz CT molecular complexity index is 393. The van der Waals surface area contributed by atoms with Crippen molar-refractivity contribution in [3.05, 3.63) is 21.9 Å². The van der Waals surface area contributed by atoms with Gasteiger partial charge in [-0.05, 0) is 30.5 Å². The Kier molecular flexibility index (Phi) is 6.02. The van der Waals surface area contributed by atoms with Gasteiger partial charge in [-0.2, -0.15) is 0 Å². The standard InChI is InChI=1S/C14H25NOS2/c1-11(18(5)16)8-9-15-10-12-6-7-13(17-12)14(2,3)4/h6-7,11,15H,8-10H2,1-5H3. The van der Waals surface area contributed by atoms with Crippen LogP contribution in [0, 0.1) is 0 Å². The zero-order chi connectivity index (χ0) is 13.8. The molecule has 2 atom stereocenters. The molecular weight excluding hydrogens is 262 g/mol. The van der Waals surface area contributed by atoms with Gasteiger partial charge in [0.25, 0.3) is 0 Å². The Morgan fingerprint density at radius 2 is 2.06 bits per heavy atom. The van der Waals surface area contributed by atoms with Crippen molar-refractivity contribution in [2.24, 2.45) is 0 Å². The Balaban J connectivity index is 2.32. The normalized spacial score (nSPS) is 15.6. The predicted octanol–water partition coefficient (Wildman–Crippen LogP) is 3.29. The fourth-order valence-corrected chi connectivity index (χ4v) is 3.04. The van der Waals surface area contributed by atoms with Crippen LogP contribution >= 0.6 is 11.3 Å². The molecule has 1 heterocycles. The van der Waals surface area contributed by atoms with Crippen LogP contribution in [0.4, 0.5) is 0 Å². The Labute approximate surface area is 118 Å². The van der Waals surface area contributed by atoms with E-state index in [2.05, 4.69) is 38.2 Å². The summed E-state index contributed by atoms with van der Waals surface area (Å²) in [7, 11) is -0.703. The van der Waals surface area contributed by atoms with Crippen LogP contribution < -0.4 is 5.32 Å². The number of rotatable bonds is 6. The summed E-state index contributed by atoms with van der Waals surface area (Å²) in [4.78, 5) is 2.81. The molecule has 0 aliphatic rings. The molecule has 1 aromatic heterocycles. The molecule has 0 aromatic carbocycles. The average Bonchev–Trinajstić information content (AvgIpc) is 2.72. The largest absolute Gasteiger partial charge is 0.312 e. The minimum absolute atomic E-state index is 0.247. The van der Waals surface area contributed by atoms with Crippen molar-refractivity contribution in [1.82, 2.24) is 5.32 Å². The first-order valence-electron chi connectivity index (χ1n) is 6.43. The minimum Gasteiger partial charge on any atom is -0.312 e. The Morgan fingerprint density at radius 3 is 2.56 bits per heavy atom. The molecule has 18 heavy (non-hydrogen) atoms. The van der Waals surface area contributed by atoms with Crippen LogP contribution in [0.15, 0.2) is 12.1 Å². The average molecular weight is 287 g/mol. The second-order valence-corrected chi connectivity index (χ2v) is 8.76. The van der Waals surface area contributed by atoms with Crippen molar-refractivity contribution in [3.63, 3.8) is 0 Å². The first-order valence-corrected chi connectivity index (χ1v) is 8.86. The summed E-state index contributed by atoms with van der Waals surface area (Å²) in [6, 6.07) is 4.44. The molecule has 2 unspecified atom stereocenters. The molecule has 1 N–H and O–H groups in total. The van der Waals surface area contributed by atoms with Crippen molar-refractivity contribution >= 4 is 22.1 Å². The van der Waals surface area contributed by atoms with E-state index in [9.17, 15) is 4.21 Å². The minimum atomic E-state index is -0.703. The van der Waals surface area contributed by atoms with Gasteiger partial charge in [-0.15, -0.1) is 11.3 Å². The van der Waals surface area contributed by atoms with Gasteiger partial charge < -0.3 is 5.32 Å². The summed E-state index contributed by atoms with van der Waals surface area (Å²) in [5.41, 5.74) is 0.247. The molecule has 0 bridgehead atoms. The van der Waals surface area contributed by atoms with Crippen LogP contribution in [0.3, 0.4) is 0 Å². The molecule has 1 rings (SSSR count). The number of hydrogen-bond donors (Lipinski definition) is 1. The lowest BCUT2D eigenvalue weighted by molar-refractivity contribution is 0.604. The number of hydrogen-bond acceptors (Lipinski definition) is 3. The summed E-state index contributed by atoms with van der Waals surface area (Å²) in [6.45, 7) is 10.6. The van der Waals surface area contributed by atoms with Crippen LogP contribution in [0.1, 0.15) is 43.9 Å². The van der Waals surface area contributed by atoms with Gasteiger partial charge in [0, 0.05) is 38.6 Å². The van der Waals surface area contributed by atoms with Gasteiger partial charge in [-0.3, -0.25) is 4.21 Å². The van der Waals surface area contributed by atoms with E-state index in [0.717, 1.165) is 19.5 Å². The van der Waals surface area contributed by atoms with Gasteiger partial charge in [0.2, 0.25) is 0 Å². The lowest BCUT2D eigenvalue weighted by Crippen LogP contribution is -2.20. The SMILES string of the molecule is CC(CCNCc1ccc(C(C)(C)C)s1)S(C)=O. The van der Waals surface area contributed by atoms with Gasteiger partial charge in [0.1, 0.15) is 0 Å². The molecule has 0 spiro atoms. The van der Waals surface area contributed by atoms with E-state index in [-0.39, 0.29) is 10.7 Å². The topological polar surface area (TPSA) is 29.1 Å². The Morgan fingerprint density at radius 1 is 1.39 bits per heavy atom. The van der Waals surface area contributed by atoms with E-state index < -0.39 is 10.8 Å². The van der Waals surface area contributed by atoms with E-state index >= 15 is 0 Å². The Hall–Kier alpha value is -0.190. The maximum absolute atomic E-state index is 11.2. The van der Waals surface area contributed by atoms with Gasteiger partial charge in [0.05, 0.1) is 0 Å². The zero-order valence-electron chi connectivity index (χ0n) is 12.1. The van der Waals surface area contributed by atoms with Crippen molar-refractivity contribution in [3.8, 4) is 0 Å². The highest BCUT2D eigenvalue weighted by Gasteiger charge is 2.15. The molecule has 0 aliphatic carbocycles. The molecule has 0 aliphatic heterocycles. The van der Waals surface area contributed by atoms with Gasteiger partial charge in [-0.25, -0.2) is 0 Å². The van der Waals surface area contributed by atoms with Crippen LogP contribution in [-0.2, 0) is 22.8 Å². The highest BCUT2D eigenvalue weighted by atomic mass is 32.2. The van der Waals surface area contributed by atoms with Crippen molar-refractivity contribution < 1.29 is 4.21 Å². The van der Waals surface area contributed by atoms with Crippen LogP contribution in [-0.4, -0.2) is 22.3 Å². The molecule has 2 nitrogen and oxygen atoms in total. The summed E-state index contributed by atoms with van der Waals surface area (Å²) in [6.07, 6.45) is 2.75. The molecule has 0 fully saturated rings. The second kappa shape index (κ2) is 6.83. The third-order valence-corrected chi connectivity index (χ3v) is 5.87. The van der Waals surface area contributed by atoms with E-state index in [4.69, 9.17) is 0 Å². The summed E-state index contributed by atoms with van der Waals surface area (Å²) in [5.74, 6) is 0. The summed E-state index contributed by atoms with van der Waals surface area (Å²) < 4.78 is 11.2. The smallest absolute Gasteiger partial charge is 0.0329 e. The van der Waals surface area contributed by atoms with Gasteiger partial charge in [-0.1, -0.05) is 27.7 Å². The number of thiophene rings is 1. The first-order chi connectivity index (χ1) is 8.30. The van der Waals surface area contributed by atoms with E-state index in [1.165, 1.54) is 9.75 Å². The van der Waals surface area contributed by atoms with Crippen molar-refractivity contribution in [1.29, 1.82) is 0 Å². The van der Waals surface area contributed by atoms with Gasteiger partial charge >= 0.3 is 0 Å². The van der Waals surface area contributed by atoms with E-state index in [1.54, 1.807) is 6.26 Å². The molecule has 104 valence electrons. The maximum Gasteiger partial charge on any atom is 0.0329 e. The third kappa shape index (κ3) is 5.21. The molecular formula is C14H25NOS2. The summed E-state index contributed by atoms with van der Waals surface area (Å²) >= 11 is 1.88. The lowest BCUT2D eigenvalue weighted by atomic mass is 9.95. The van der Waals surface area contributed by atoms with Crippen LogP contribution in [0.5, 0.6) is 0 Å². The second-order valence-electron chi connectivity index (χ2n) is 5.79. The molecule has 0 saturated carbocycles. The highest BCUT2D eigenvalue weighted by molar-refractivity contribution is 7.84. The lowest BCUT2D eigenvalue weighted by Gasteiger charge is -2.15. The fourth-order valence-electron chi connectivity index (χ4n) is 1.56. The van der Waals surface area contributed by atoms with E-state index in [1.807, 2.05) is 18.3 Å². The highest BCUT2D eigenvalue weighted by Crippen LogP contribution is 2.29. The predicted molar refractivity (Wildman–Crippen MR) is 82.9 cm³/mol. The van der Waals surface area contributed by atoms with Crippen LogP contribution in [0.2, 0.25) is 0 Å². The molecule has 0 radical (unpaired) electrons. The van der Waals surface area contributed by atoms with Crippen molar-refractivity contribution in [2.45, 2.75) is 51.3 Å². The number of nitrogens with one attached hydrogen (secondary N) is 1. The summed E-state index contributed by atoms with van der Waals surface area (Å²) in [5, 5.41) is 3.71. The quantitative estimate of drug-likeness (QED) is 0.814. The fraction of sp³-hybridized carbons (Fsp3) is 0.714. The molecule has 4 heteroatoms. The van der Waals surface area contributed by atoms with Gasteiger partial charge in [0.15, 0.2) is 0 Å². The van der Waals surface area contributed by atoms with Crippen LogP contribution in [0.25, 0.3) is 0 Å². The zero-order valence-corrected chi connectivity index (χ0v) is 13.7. The van der Waals surface area contributed by atoms with Crippen molar-refractivity contribution in [2.75, 3.05) is 12.8 Å². The monoisotopic (exact) mass is 287 g/mol. The first kappa shape index (κ1) is 15.9. The van der Waals surface area contributed by atoms with E-state index in [0.29, 0.717) is 0 Å².